The Labute approximate surface area is 116 Å². The van der Waals surface area contributed by atoms with E-state index in [2.05, 4.69) is 9.69 Å². The molecule has 0 aliphatic heterocycles. The van der Waals surface area contributed by atoms with Gasteiger partial charge >= 0.3 is 5.97 Å². The summed E-state index contributed by atoms with van der Waals surface area (Å²) >= 11 is 1.18. The Hall–Kier alpha value is -1.34. The molecular formula is C12H19N3O3S. The van der Waals surface area contributed by atoms with Crippen molar-refractivity contribution in [1.82, 2.24) is 4.37 Å². The summed E-state index contributed by atoms with van der Waals surface area (Å²) in [5.41, 5.74) is 6.05. The Bertz CT molecular complexity index is 441. The standard InChI is InChI=1S/C12H19N3O3S/c1-2-18-12(17)9-10(13)15-19-11(9)14-7-3-5-8(16)6-4-7/h7-8,14,16H,2-6H2,1H3,(H2,13,15). The van der Waals surface area contributed by atoms with Gasteiger partial charge in [-0.3, -0.25) is 0 Å². The zero-order valence-corrected chi connectivity index (χ0v) is 11.7. The Morgan fingerprint density at radius 3 is 2.84 bits per heavy atom. The number of nitrogens with zero attached hydrogens (tertiary/aromatic N) is 1. The number of hydrogen-bond acceptors (Lipinski definition) is 7. The highest BCUT2D eigenvalue weighted by atomic mass is 32.1. The second-order valence-corrected chi connectivity index (χ2v) is 5.42. The normalized spacial score (nSPS) is 23.1. The molecule has 1 heterocycles. The molecule has 1 aromatic heterocycles. The van der Waals surface area contributed by atoms with Crippen LogP contribution in [0.15, 0.2) is 0 Å². The van der Waals surface area contributed by atoms with Crippen molar-refractivity contribution >= 4 is 28.3 Å². The van der Waals surface area contributed by atoms with E-state index in [-0.39, 0.29) is 18.0 Å². The molecule has 6 nitrogen and oxygen atoms in total. The number of aliphatic hydroxyl groups is 1. The van der Waals surface area contributed by atoms with E-state index < -0.39 is 5.97 Å². The monoisotopic (exact) mass is 285 g/mol. The lowest BCUT2D eigenvalue weighted by Crippen LogP contribution is -2.28. The number of ether oxygens (including phenoxy) is 1. The van der Waals surface area contributed by atoms with E-state index in [9.17, 15) is 9.90 Å². The van der Waals surface area contributed by atoms with Crippen molar-refractivity contribution in [3.63, 3.8) is 0 Å². The number of nitrogen functional groups attached to an aromatic ring is 1. The predicted octanol–water partition coefficient (Wildman–Crippen LogP) is 1.62. The van der Waals surface area contributed by atoms with Crippen LogP contribution in [-0.2, 0) is 4.74 Å². The molecule has 0 aromatic carbocycles. The number of nitrogens with one attached hydrogen (secondary N) is 1. The molecular weight excluding hydrogens is 266 g/mol. The average molecular weight is 285 g/mol. The molecule has 19 heavy (non-hydrogen) atoms. The first-order valence-electron chi connectivity index (χ1n) is 6.48. The Morgan fingerprint density at radius 2 is 2.21 bits per heavy atom. The second-order valence-electron chi connectivity index (χ2n) is 4.64. The quantitative estimate of drug-likeness (QED) is 0.727. The van der Waals surface area contributed by atoms with Gasteiger partial charge in [-0.15, -0.1) is 0 Å². The fourth-order valence-corrected chi connectivity index (χ4v) is 2.99. The predicted molar refractivity (Wildman–Crippen MR) is 74.4 cm³/mol. The van der Waals surface area contributed by atoms with Gasteiger partial charge in [0, 0.05) is 6.04 Å². The third kappa shape index (κ3) is 3.36. The number of carbonyl (C=O) groups is 1. The number of esters is 1. The van der Waals surface area contributed by atoms with Crippen molar-refractivity contribution in [1.29, 1.82) is 0 Å². The Morgan fingerprint density at radius 1 is 1.53 bits per heavy atom. The fraction of sp³-hybridized carbons (Fsp3) is 0.667. The van der Waals surface area contributed by atoms with E-state index >= 15 is 0 Å². The van der Waals surface area contributed by atoms with Gasteiger partial charge in [-0.25, -0.2) is 4.79 Å². The zero-order valence-electron chi connectivity index (χ0n) is 10.9. The summed E-state index contributed by atoms with van der Waals surface area (Å²) in [4.78, 5) is 11.8. The van der Waals surface area contributed by atoms with E-state index in [1.807, 2.05) is 0 Å². The first-order chi connectivity index (χ1) is 9.11. The zero-order chi connectivity index (χ0) is 13.8. The first kappa shape index (κ1) is 14.1. The van der Waals surface area contributed by atoms with E-state index in [1.165, 1.54) is 11.5 Å². The summed E-state index contributed by atoms with van der Waals surface area (Å²) in [6.45, 7) is 2.06. The van der Waals surface area contributed by atoms with Crippen LogP contribution in [0, 0.1) is 0 Å². The van der Waals surface area contributed by atoms with Gasteiger partial charge in [-0.2, -0.15) is 4.37 Å². The van der Waals surface area contributed by atoms with Crippen LogP contribution in [0.25, 0.3) is 0 Å². The van der Waals surface area contributed by atoms with Gasteiger partial charge in [0.05, 0.1) is 12.7 Å². The van der Waals surface area contributed by atoms with Gasteiger partial charge in [0.25, 0.3) is 0 Å². The van der Waals surface area contributed by atoms with Gasteiger partial charge in [0.1, 0.15) is 10.6 Å². The van der Waals surface area contributed by atoms with Gasteiger partial charge < -0.3 is 20.9 Å². The van der Waals surface area contributed by atoms with Crippen molar-refractivity contribution < 1.29 is 14.6 Å². The molecule has 0 amide bonds. The van der Waals surface area contributed by atoms with Gasteiger partial charge in [0.2, 0.25) is 0 Å². The van der Waals surface area contributed by atoms with Crippen LogP contribution in [-0.4, -0.2) is 34.2 Å². The lowest BCUT2D eigenvalue weighted by atomic mass is 9.93. The molecule has 1 fully saturated rings. The molecule has 0 saturated heterocycles. The number of aromatic nitrogens is 1. The molecule has 0 radical (unpaired) electrons. The maximum atomic E-state index is 11.8. The summed E-state index contributed by atoms with van der Waals surface area (Å²) in [5, 5.41) is 13.4. The van der Waals surface area contributed by atoms with Crippen LogP contribution in [0.5, 0.6) is 0 Å². The van der Waals surface area contributed by atoms with E-state index in [1.54, 1.807) is 6.92 Å². The lowest BCUT2D eigenvalue weighted by Gasteiger charge is -2.26. The molecule has 0 bridgehead atoms. The molecule has 0 unspecified atom stereocenters. The van der Waals surface area contributed by atoms with Crippen LogP contribution in [0.2, 0.25) is 0 Å². The van der Waals surface area contributed by atoms with Gasteiger partial charge in [-0.1, -0.05) is 0 Å². The minimum atomic E-state index is -0.438. The number of carbonyl (C=O) groups excluding carboxylic acids is 1. The highest BCUT2D eigenvalue weighted by Gasteiger charge is 2.25. The molecule has 7 heteroatoms. The van der Waals surface area contributed by atoms with Crippen LogP contribution in [0.1, 0.15) is 43.0 Å². The van der Waals surface area contributed by atoms with E-state index in [4.69, 9.17) is 10.5 Å². The SMILES string of the molecule is CCOC(=O)c1c(N)nsc1NC1CCC(O)CC1. The maximum Gasteiger partial charge on any atom is 0.344 e. The number of rotatable bonds is 4. The molecule has 0 atom stereocenters. The number of aliphatic hydroxyl groups excluding tert-OH is 1. The molecule has 4 N–H and O–H groups in total. The summed E-state index contributed by atoms with van der Waals surface area (Å²) < 4.78 is 8.99. The first-order valence-corrected chi connectivity index (χ1v) is 7.26. The largest absolute Gasteiger partial charge is 0.462 e. The van der Waals surface area contributed by atoms with Crippen molar-refractivity contribution in [2.45, 2.75) is 44.8 Å². The second kappa shape index (κ2) is 6.21. The molecule has 1 saturated carbocycles. The number of anilines is 2. The third-order valence-electron chi connectivity index (χ3n) is 3.23. The number of hydrogen-bond donors (Lipinski definition) is 3. The maximum absolute atomic E-state index is 11.8. The number of nitrogens with two attached hydrogens (primary N) is 1. The molecule has 1 aliphatic carbocycles. The molecule has 1 aromatic rings. The summed E-state index contributed by atoms with van der Waals surface area (Å²) in [6, 6.07) is 0.247. The van der Waals surface area contributed by atoms with Gasteiger partial charge in [-0.05, 0) is 44.1 Å². The van der Waals surface area contributed by atoms with E-state index in [0.29, 0.717) is 17.2 Å². The highest BCUT2D eigenvalue weighted by molar-refractivity contribution is 7.11. The highest BCUT2D eigenvalue weighted by Crippen LogP contribution is 2.30. The summed E-state index contributed by atoms with van der Waals surface area (Å²) in [6.07, 6.45) is 3.11. The Kier molecular flexibility index (Phi) is 4.60. The summed E-state index contributed by atoms with van der Waals surface area (Å²) in [7, 11) is 0. The molecule has 1 aliphatic rings. The van der Waals surface area contributed by atoms with Crippen molar-refractivity contribution in [3.8, 4) is 0 Å². The minimum Gasteiger partial charge on any atom is -0.462 e. The fourth-order valence-electron chi connectivity index (χ4n) is 2.21. The molecule has 2 rings (SSSR count). The van der Waals surface area contributed by atoms with E-state index in [0.717, 1.165) is 25.7 Å². The molecule has 0 spiro atoms. The molecule has 106 valence electrons. The van der Waals surface area contributed by atoms with Crippen LogP contribution in [0.4, 0.5) is 10.8 Å². The lowest BCUT2D eigenvalue weighted by molar-refractivity contribution is 0.0529. The minimum absolute atomic E-state index is 0.200. The van der Waals surface area contributed by atoms with Crippen LogP contribution >= 0.6 is 11.5 Å². The van der Waals surface area contributed by atoms with Crippen molar-refractivity contribution in [2.75, 3.05) is 17.7 Å². The topological polar surface area (TPSA) is 97.5 Å². The summed E-state index contributed by atoms with van der Waals surface area (Å²) in [5.74, 6) is -0.228. The smallest absolute Gasteiger partial charge is 0.344 e. The van der Waals surface area contributed by atoms with Crippen LogP contribution < -0.4 is 11.1 Å². The Balaban J connectivity index is 2.06. The van der Waals surface area contributed by atoms with Crippen LogP contribution in [0.3, 0.4) is 0 Å². The van der Waals surface area contributed by atoms with Crippen molar-refractivity contribution in [2.24, 2.45) is 0 Å². The van der Waals surface area contributed by atoms with Gasteiger partial charge in [0.15, 0.2) is 5.82 Å². The average Bonchev–Trinajstić information content (AvgIpc) is 2.74. The third-order valence-corrected chi connectivity index (χ3v) is 4.02. The van der Waals surface area contributed by atoms with Crippen molar-refractivity contribution in [3.05, 3.63) is 5.56 Å².